The molecule has 0 atom stereocenters. The van der Waals surface area contributed by atoms with Crippen LogP contribution < -0.4 is 10.6 Å². The van der Waals surface area contributed by atoms with E-state index in [1.54, 1.807) is 30.3 Å². The number of carbonyl (C=O) groups is 2. The standard InChI is InChI=1S/C16H18N2O2S/c1-16(2,3)15(20)18-12-8-6-11(7-9-12)17-14(19)13-5-4-10-21-13/h4-10H,1-3H3,(H,17,19)(H,18,20). The van der Waals surface area contributed by atoms with Crippen LogP contribution in [0.1, 0.15) is 30.4 Å². The van der Waals surface area contributed by atoms with Crippen LogP contribution in [0, 0.1) is 5.41 Å². The molecule has 0 unspecified atom stereocenters. The van der Waals surface area contributed by atoms with Gasteiger partial charge in [-0.25, -0.2) is 0 Å². The molecule has 0 spiro atoms. The van der Waals surface area contributed by atoms with Crippen molar-refractivity contribution in [3.05, 3.63) is 46.7 Å². The SMILES string of the molecule is CC(C)(C)C(=O)Nc1ccc(NC(=O)c2cccs2)cc1. The molecule has 5 heteroatoms. The summed E-state index contributed by atoms with van der Waals surface area (Å²) in [6.07, 6.45) is 0. The third-order valence-corrected chi connectivity index (χ3v) is 3.70. The van der Waals surface area contributed by atoms with Gasteiger partial charge in [-0.05, 0) is 35.7 Å². The summed E-state index contributed by atoms with van der Waals surface area (Å²) in [5, 5.41) is 7.52. The molecular formula is C16H18N2O2S. The van der Waals surface area contributed by atoms with E-state index in [-0.39, 0.29) is 11.8 Å². The summed E-state index contributed by atoms with van der Waals surface area (Å²) < 4.78 is 0. The van der Waals surface area contributed by atoms with Gasteiger partial charge in [0.05, 0.1) is 4.88 Å². The van der Waals surface area contributed by atoms with Gasteiger partial charge in [0, 0.05) is 16.8 Å². The van der Waals surface area contributed by atoms with Gasteiger partial charge in [0.1, 0.15) is 0 Å². The minimum atomic E-state index is -0.438. The van der Waals surface area contributed by atoms with Crippen molar-refractivity contribution in [1.82, 2.24) is 0 Å². The first-order valence-corrected chi connectivity index (χ1v) is 7.50. The molecule has 2 aromatic rings. The molecule has 0 radical (unpaired) electrons. The van der Waals surface area contributed by atoms with Crippen LogP contribution in [-0.4, -0.2) is 11.8 Å². The van der Waals surface area contributed by atoms with Gasteiger partial charge in [-0.15, -0.1) is 11.3 Å². The number of benzene rings is 1. The highest BCUT2D eigenvalue weighted by Crippen LogP contribution is 2.19. The predicted molar refractivity (Wildman–Crippen MR) is 86.8 cm³/mol. The molecule has 21 heavy (non-hydrogen) atoms. The van der Waals surface area contributed by atoms with Crippen LogP contribution >= 0.6 is 11.3 Å². The second-order valence-electron chi connectivity index (χ2n) is 5.71. The number of nitrogens with one attached hydrogen (secondary N) is 2. The van der Waals surface area contributed by atoms with E-state index in [9.17, 15) is 9.59 Å². The smallest absolute Gasteiger partial charge is 0.265 e. The molecule has 2 amide bonds. The Morgan fingerprint density at radius 3 is 2.00 bits per heavy atom. The van der Waals surface area contributed by atoms with Crippen molar-refractivity contribution >= 4 is 34.5 Å². The molecule has 0 aliphatic heterocycles. The zero-order valence-electron chi connectivity index (χ0n) is 12.3. The summed E-state index contributed by atoms with van der Waals surface area (Å²) in [4.78, 5) is 24.4. The van der Waals surface area contributed by atoms with E-state index in [4.69, 9.17) is 0 Å². The molecule has 2 N–H and O–H groups in total. The average Bonchev–Trinajstić information content (AvgIpc) is 2.94. The summed E-state index contributed by atoms with van der Waals surface area (Å²) in [6.45, 7) is 5.58. The zero-order valence-corrected chi connectivity index (χ0v) is 13.1. The van der Waals surface area contributed by atoms with Crippen LogP contribution in [0.3, 0.4) is 0 Å². The molecule has 0 aliphatic rings. The van der Waals surface area contributed by atoms with Gasteiger partial charge >= 0.3 is 0 Å². The third kappa shape index (κ3) is 4.16. The average molecular weight is 302 g/mol. The second kappa shape index (κ2) is 6.10. The molecule has 0 bridgehead atoms. The van der Waals surface area contributed by atoms with Crippen LogP contribution in [0.25, 0.3) is 0 Å². The molecule has 0 saturated heterocycles. The lowest BCUT2D eigenvalue weighted by Crippen LogP contribution is -2.27. The normalized spacial score (nSPS) is 11.0. The monoisotopic (exact) mass is 302 g/mol. The van der Waals surface area contributed by atoms with Gasteiger partial charge in [-0.3, -0.25) is 9.59 Å². The molecule has 1 aromatic carbocycles. The summed E-state index contributed by atoms with van der Waals surface area (Å²) in [6, 6.07) is 10.7. The largest absolute Gasteiger partial charge is 0.326 e. The van der Waals surface area contributed by atoms with Gasteiger partial charge < -0.3 is 10.6 Å². The Balaban J connectivity index is 1.99. The topological polar surface area (TPSA) is 58.2 Å². The fraction of sp³-hybridized carbons (Fsp3) is 0.250. The van der Waals surface area contributed by atoms with E-state index < -0.39 is 5.41 Å². The molecular weight excluding hydrogens is 284 g/mol. The van der Waals surface area contributed by atoms with Crippen molar-refractivity contribution in [1.29, 1.82) is 0 Å². The van der Waals surface area contributed by atoms with Crippen molar-refractivity contribution in [2.45, 2.75) is 20.8 Å². The third-order valence-electron chi connectivity index (χ3n) is 2.83. The fourth-order valence-corrected chi connectivity index (χ4v) is 2.17. The first-order chi connectivity index (χ1) is 9.86. The van der Waals surface area contributed by atoms with E-state index in [1.165, 1.54) is 11.3 Å². The maximum atomic E-state index is 11.9. The van der Waals surface area contributed by atoms with E-state index >= 15 is 0 Å². The number of carbonyl (C=O) groups excluding carboxylic acids is 2. The minimum absolute atomic E-state index is 0.0436. The maximum absolute atomic E-state index is 11.9. The van der Waals surface area contributed by atoms with E-state index in [0.29, 0.717) is 16.3 Å². The Morgan fingerprint density at radius 1 is 0.952 bits per heavy atom. The molecule has 0 fully saturated rings. The summed E-state index contributed by atoms with van der Waals surface area (Å²) in [5.41, 5.74) is 0.970. The van der Waals surface area contributed by atoms with Crippen molar-refractivity contribution in [3.8, 4) is 0 Å². The van der Waals surface area contributed by atoms with Gasteiger partial charge in [-0.1, -0.05) is 26.8 Å². The first-order valence-electron chi connectivity index (χ1n) is 6.62. The molecule has 0 saturated carbocycles. The van der Waals surface area contributed by atoms with Gasteiger partial charge in [0.2, 0.25) is 5.91 Å². The number of rotatable bonds is 3. The van der Waals surface area contributed by atoms with E-state index in [0.717, 1.165) is 0 Å². The Hall–Kier alpha value is -2.14. The maximum Gasteiger partial charge on any atom is 0.265 e. The summed E-state index contributed by atoms with van der Waals surface area (Å²) >= 11 is 1.40. The van der Waals surface area contributed by atoms with Gasteiger partial charge in [0.25, 0.3) is 5.91 Å². The zero-order chi connectivity index (χ0) is 15.5. The van der Waals surface area contributed by atoms with Gasteiger partial charge in [0.15, 0.2) is 0 Å². The lowest BCUT2D eigenvalue weighted by molar-refractivity contribution is -0.123. The van der Waals surface area contributed by atoms with E-state index in [1.807, 2.05) is 32.2 Å². The number of thiophene rings is 1. The minimum Gasteiger partial charge on any atom is -0.326 e. The predicted octanol–water partition coefficient (Wildman–Crippen LogP) is 3.99. The van der Waals surface area contributed by atoms with Crippen molar-refractivity contribution in [3.63, 3.8) is 0 Å². The number of hydrogen-bond acceptors (Lipinski definition) is 3. The molecule has 4 nitrogen and oxygen atoms in total. The molecule has 0 aliphatic carbocycles. The number of anilines is 2. The van der Waals surface area contributed by atoms with Crippen LogP contribution in [0.15, 0.2) is 41.8 Å². The Labute approximate surface area is 128 Å². The van der Waals surface area contributed by atoms with Crippen LogP contribution in [0.4, 0.5) is 11.4 Å². The molecule has 2 rings (SSSR count). The highest BCUT2D eigenvalue weighted by molar-refractivity contribution is 7.12. The van der Waals surface area contributed by atoms with Crippen LogP contribution in [-0.2, 0) is 4.79 Å². The Bertz CT molecular complexity index is 625. The second-order valence-corrected chi connectivity index (χ2v) is 6.66. The highest BCUT2D eigenvalue weighted by Gasteiger charge is 2.21. The summed E-state index contributed by atoms with van der Waals surface area (Å²) in [5.74, 6) is -0.172. The molecule has 1 aromatic heterocycles. The summed E-state index contributed by atoms with van der Waals surface area (Å²) in [7, 11) is 0. The lowest BCUT2D eigenvalue weighted by Gasteiger charge is -2.17. The fourth-order valence-electron chi connectivity index (χ4n) is 1.56. The number of amides is 2. The Morgan fingerprint density at radius 2 is 1.52 bits per heavy atom. The van der Waals surface area contributed by atoms with Crippen molar-refractivity contribution in [2.75, 3.05) is 10.6 Å². The van der Waals surface area contributed by atoms with Crippen LogP contribution in [0.5, 0.6) is 0 Å². The highest BCUT2D eigenvalue weighted by atomic mass is 32.1. The van der Waals surface area contributed by atoms with Crippen molar-refractivity contribution in [2.24, 2.45) is 5.41 Å². The molecule has 110 valence electrons. The number of hydrogen-bond donors (Lipinski definition) is 2. The quantitative estimate of drug-likeness (QED) is 0.900. The van der Waals surface area contributed by atoms with Gasteiger partial charge in [-0.2, -0.15) is 0 Å². The molecule has 1 heterocycles. The van der Waals surface area contributed by atoms with E-state index in [2.05, 4.69) is 10.6 Å². The van der Waals surface area contributed by atoms with Crippen molar-refractivity contribution < 1.29 is 9.59 Å². The lowest BCUT2D eigenvalue weighted by atomic mass is 9.95. The Kier molecular flexibility index (Phi) is 4.43. The first kappa shape index (κ1) is 15.3. The van der Waals surface area contributed by atoms with Crippen LogP contribution in [0.2, 0.25) is 0 Å².